The second kappa shape index (κ2) is 6.94. The molecule has 0 aliphatic heterocycles. The third-order valence-corrected chi connectivity index (χ3v) is 2.40. The molecule has 0 aliphatic rings. The molecule has 0 heterocycles. The van der Waals surface area contributed by atoms with Gasteiger partial charge in [-0.2, -0.15) is 11.8 Å². The normalized spacial score (nSPS) is 9.35. The Bertz CT molecular complexity index is 465. The molecule has 0 fully saturated rings. The fraction of sp³-hybridized carbons (Fsp3) is 0.250. The zero-order chi connectivity index (χ0) is 12.7. The van der Waals surface area contributed by atoms with E-state index in [1.165, 1.54) is 23.9 Å². The molecule has 5 heteroatoms. The van der Waals surface area contributed by atoms with Crippen LogP contribution < -0.4 is 11.1 Å². The fourth-order valence-corrected chi connectivity index (χ4v) is 1.50. The number of carbonyl (C=O) groups is 1. The van der Waals surface area contributed by atoms with Gasteiger partial charge in [0.15, 0.2) is 0 Å². The molecule has 0 atom stereocenters. The Balaban J connectivity index is 2.78. The number of hydrogen-bond donors (Lipinski definition) is 2. The Morgan fingerprint density at radius 2 is 2.35 bits per heavy atom. The van der Waals surface area contributed by atoms with Crippen LogP contribution in [-0.2, 0) is 4.79 Å². The molecule has 3 nitrogen and oxygen atoms in total. The number of benzene rings is 1. The summed E-state index contributed by atoms with van der Waals surface area (Å²) in [4.78, 5) is 11.3. The predicted molar refractivity (Wildman–Crippen MR) is 69.3 cm³/mol. The van der Waals surface area contributed by atoms with Crippen molar-refractivity contribution in [3.63, 3.8) is 0 Å². The van der Waals surface area contributed by atoms with Gasteiger partial charge in [0.05, 0.1) is 17.9 Å². The van der Waals surface area contributed by atoms with Crippen LogP contribution in [0.4, 0.5) is 10.1 Å². The lowest BCUT2D eigenvalue weighted by molar-refractivity contribution is -0.113. The molecule has 1 rings (SSSR count). The second-order valence-corrected chi connectivity index (χ2v) is 4.05. The van der Waals surface area contributed by atoms with Crippen molar-refractivity contribution in [2.24, 2.45) is 5.73 Å². The second-order valence-electron chi connectivity index (χ2n) is 3.18. The molecular formula is C12H13FN2OS. The Kier molecular flexibility index (Phi) is 5.53. The van der Waals surface area contributed by atoms with Gasteiger partial charge in [-0.25, -0.2) is 4.39 Å². The molecule has 1 aromatic carbocycles. The lowest BCUT2D eigenvalue weighted by atomic mass is 10.2. The standard InChI is InChI=1S/C12H13FN2OS/c1-17-8-12(16)15-10-5-4-9(3-2-6-14)11(13)7-10/h4-5,7H,6,8,14H2,1H3,(H,15,16). The predicted octanol–water partition coefficient (Wildman–Crippen LogP) is 1.44. The van der Waals surface area contributed by atoms with Crippen LogP contribution in [0.1, 0.15) is 5.56 Å². The van der Waals surface area contributed by atoms with E-state index < -0.39 is 5.82 Å². The Labute approximate surface area is 104 Å². The van der Waals surface area contributed by atoms with Gasteiger partial charge in [0.25, 0.3) is 0 Å². The highest BCUT2D eigenvalue weighted by atomic mass is 32.2. The number of anilines is 1. The van der Waals surface area contributed by atoms with E-state index in [9.17, 15) is 9.18 Å². The summed E-state index contributed by atoms with van der Waals surface area (Å²) in [5.41, 5.74) is 5.91. The molecule has 3 N–H and O–H groups in total. The van der Waals surface area contributed by atoms with Gasteiger partial charge < -0.3 is 11.1 Å². The Hall–Kier alpha value is -1.51. The third kappa shape index (κ3) is 4.47. The maximum atomic E-state index is 13.5. The summed E-state index contributed by atoms with van der Waals surface area (Å²) < 4.78 is 13.5. The largest absolute Gasteiger partial charge is 0.325 e. The zero-order valence-electron chi connectivity index (χ0n) is 9.42. The first-order valence-corrected chi connectivity index (χ1v) is 6.34. The quantitative estimate of drug-likeness (QED) is 0.800. The first kappa shape index (κ1) is 13.6. The lowest BCUT2D eigenvalue weighted by Crippen LogP contribution is -2.13. The van der Waals surface area contributed by atoms with E-state index in [1.54, 1.807) is 6.07 Å². The molecule has 1 aromatic rings. The summed E-state index contributed by atoms with van der Waals surface area (Å²) in [6.07, 6.45) is 1.83. The van der Waals surface area contributed by atoms with Crippen LogP contribution >= 0.6 is 11.8 Å². The summed E-state index contributed by atoms with van der Waals surface area (Å²) >= 11 is 1.41. The number of nitrogens with one attached hydrogen (secondary N) is 1. The minimum Gasteiger partial charge on any atom is -0.325 e. The Morgan fingerprint density at radius 3 is 2.94 bits per heavy atom. The summed E-state index contributed by atoms with van der Waals surface area (Å²) in [5, 5.41) is 2.59. The molecule has 0 saturated heterocycles. The van der Waals surface area contributed by atoms with Crippen LogP contribution in [-0.4, -0.2) is 24.5 Å². The first-order chi connectivity index (χ1) is 8.17. The van der Waals surface area contributed by atoms with E-state index in [-0.39, 0.29) is 18.0 Å². The van der Waals surface area contributed by atoms with Crippen LogP contribution in [0.2, 0.25) is 0 Å². The summed E-state index contributed by atoms with van der Waals surface area (Å²) in [7, 11) is 0. The van der Waals surface area contributed by atoms with Crippen molar-refractivity contribution in [3.8, 4) is 11.8 Å². The highest BCUT2D eigenvalue weighted by molar-refractivity contribution is 7.99. The van der Waals surface area contributed by atoms with Crippen molar-refractivity contribution in [1.82, 2.24) is 0 Å². The highest BCUT2D eigenvalue weighted by Gasteiger charge is 2.04. The molecule has 90 valence electrons. The van der Waals surface area contributed by atoms with Gasteiger partial charge in [0.1, 0.15) is 5.82 Å². The van der Waals surface area contributed by atoms with Crippen LogP contribution in [0.25, 0.3) is 0 Å². The summed E-state index contributed by atoms with van der Waals surface area (Å²) in [6, 6.07) is 4.38. The van der Waals surface area contributed by atoms with Gasteiger partial charge >= 0.3 is 0 Å². The summed E-state index contributed by atoms with van der Waals surface area (Å²) in [6.45, 7) is 0.186. The lowest BCUT2D eigenvalue weighted by Gasteiger charge is -2.04. The van der Waals surface area contributed by atoms with E-state index in [0.717, 1.165) is 0 Å². The van der Waals surface area contributed by atoms with Gasteiger partial charge in [-0.05, 0) is 24.5 Å². The van der Waals surface area contributed by atoms with E-state index in [4.69, 9.17) is 5.73 Å². The number of carbonyl (C=O) groups excluding carboxylic acids is 1. The monoisotopic (exact) mass is 252 g/mol. The maximum Gasteiger partial charge on any atom is 0.234 e. The number of thioether (sulfide) groups is 1. The number of nitrogens with two attached hydrogens (primary N) is 1. The molecular weight excluding hydrogens is 239 g/mol. The average Bonchev–Trinajstić information content (AvgIpc) is 2.28. The summed E-state index contributed by atoms with van der Waals surface area (Å²) in [5.74, 6) is 4.91. The average molecular weight is 252 g/mol. The molecule has 0 bridgehead atoms. The van der Waals surface area contributed by atoms with Gasteiger partial charge in [-0.15, -0.1) is 0 Å². The molecule has 0 aromatic heterocycles. The molecule has 17 heavy (non-hydrogen) atoms. The number of halogens is 1. The van der Waals surface area contributed by atoms with Crippen molar-refractivity contribution in [1.29, 1.82) is 0 Å². The Morgan fingerprint density at radius 1 is 1.59 bits per heavy atom. The highest BCUT2D eigenvalue weighted by Crippen LogP contribution is 2.14. The van der Waals surface area contributed by atoms with E-state index in [2.05, 4.69) is 17.2 Å². The minimum absolute atomic E-state index is 0.155. The van der Waals surface area contributed by atoms with E-state index >= 15 is 0 Å². The van der Waals surface area contributed by atoms with E-state index in [0.29, 0.717) is 11.4 Å². The van der Waals surface area contributed by atoms with Gasteiger partial charge in [0, 0.05) is 5.69 Å². The van der Waals surface area contributed by atoms with Crippen LogP contribution in [0, 0.1) is 17.7 Å². The van der Waals surface area contributed by atoms with Crippen molar-refractivity contribution in [2.45, 2.75) is 0 Å². The molecule has 0 spiro atoms. The first-order valence-electron chi connectivity index (χ1n) is 4.94. The molecule has 0 radical (unpaired) electrons. The molecule has 1 amide bonds. The zero-order valence-corrected chi connectivity index (χ0v) is 10.2. The van der Waals surface area contributed by atoms with Crippen molar-refractivity contribution in [3.05, 3.63) is 29.6 Å². The van der Waals surface area contributed by atoms with Crippen molar-refractivity contribution in [2.75, 3.05) is 23.9 Å². The van der Waals surface area contributed by atoms with Crippen LogP contribution in [0.3, 0.4) is 0 Å². The maximum absolute atomic E-state index is 13.5. The SMILES string of the molecule is CSCC(=O)Nc1ccc(C#CCN)c(F)c1. The smallest absolute Gasteiger partial charge is 0.234 e. The third-order valence-electron chi connectivity index (χ3n) is 1.85. The topological polar surface area (TPSA) is 55.1 Å². The van der Waals surface area contributed by atoms with E-state index in [1.807, 2.05) is 6.26 Å². The van der Waals surface area contributed by atoms with Crippen LogP contribution in [0.15, 0.2) is 18.2 Å². The molecule has 0 saturated carbocycles. The van der Waals surface area contributed by atoms with Crippen molar-refractivity contribution < 1.29 is 9.18 Å². The van der Waals surface area contributed by atoms with Gasteiger partial charge in [0.2, 0.25) is 5.91 Å². The fourth-order valence-electron chi connectivity index (χ4n) is 1.17. The number of amides is 1. The van der Waals surface area contributed by atoms with Crippen molar-refractivity contribution >= 4 is 23.4 Å². The minimum atomic E-state index is -0.465. The number of rotatable bonds is 3. The van der Waals surface area contributed by atoms with Crippen LogP contribution in [0.5, 0.6) is 0 Å². The number of hydrogen-bond acceptors (Lipinski definition) is 3. The molecule has 0 aliphatic carbocycles. The molecule has 0 unspecified atom stereocenters. The van der Waals surface area contributed by atoms with Gasteiger partial charge in [-0.1, -0.05) is 11.8 Å². The van der Waals surface area contributed by atoms with Gasteiger partial charge in [-0.3, -0.25) is 4.79 Å².